The lowest BCUT2D eigenvalue weighted by molar-refractivity contribution is -0.125. The van der Waals surface area contributed by atoms with Gasteiger partial charge in [-0.15, -0.1) is 0 Å². The first-order chi connectivity index (χ1) is 20.0. The van der Waals surface area contributed by atoms with Crippen LogP contribution in [0.1, 0.15) is 59.8 Å². The van der Waals surface area contributed by atoms with Crippen LogP contribution in [0.5, 0.6) is 0 Å². The maximum absolute atomic E-state index is 12.6. The second-order valence-electron chi connectivity index (χ2n) is 12.3. The van der Waals surface area contributed by atoms with Crippen LogP contribution >= 0.6 is 0 Å². The van der Waals surface area contributed by atoms with Crippen LogP contribution in [0.25, 0.3) is 0 Å². The number of primary amides is 1. The number of nitrogens with zero attached hydrogens (tertiary/aromatic N) is 1. The van der Waals surface area contributed by atoms with E-state index in [2.05, 4.69) is 36.6 Å². The summed E-state index contributed by atoms with van der Waals surface area (Å²) in [5, 5.41) is 6.25. The van der Waals surface area contributed by atoms with Crippen LogP contribution in [-0.2, 0) is 28.5 Å². The van der Waals surface area contributed by atoms with Crippen molar-refractivity contribution in [2.75, 3.05) is 32.8 Å². The van der Waals surface area contributed by atoms with Crippen LogP contribution in [0.4, 0.5) is 4.79 Å². The van der Waals surface area contributed by atoms with E-state index in [4.69, 9.17) is 24.7 Å². The Kier molecular flexibility index (Phi) is 11.2. The number of hydrogen-bond acceptors (Lipinski definition) is 8. The number of nitrogens with one attached hydrogen (secondary N) is 2. The number of epoxide rings is 1. The van der Waals surface area contributed by atoms with Gasteiger partial charge in [0.1, 0.15) is 6.10 Å². The molecule has 0 aromatic rings. The van der Waals surface area contributed by atoms with E-state index in [1.165, 1.54) is 6.08 Å². The molecule has 1 spiro atoms. The monoisotopic (exact) mass is 588 g/mol. The standard InChI is InChI=1S/C31H48N4O7/c1-20(5-8-24-17-31(19-39-31)18-25(42-24)16-28(32)36)6-9-27-21(2)15-26(23(4)41-27)34-29(37)10-7-22(3)40-30(38)35-13-11-33-12-14-35/h5-8,10,21-27,33H,9,11-19H2,1-4H3,(H2,32,36)(H,34,37)/b8-5+,10-7-,20-6+/t21-,22-,23+,24+,25+,26+,27-,31+/m0/s1. The first-order valence-electron chi connectivity index (χ1n) is 15.2. The lowest BCUT2D eigenvalue weighted by Gasteiger charge is -2.39. The molecule has 11 nitrogen and oxygen atoms in total. The zero-order valence-electron chi connectivity index (χ0n) is 25.4. The number of carbonyl (C=O) groups excluding carboxylic acids is 3. The average Bonchev–Trinajstić information content (AvgIpc) is 3.69. The SMILES string of the molecule is CC(/C=C/[C@@H]1C[C@]2(CO2)C[C@@H](CC(N)=O)O1)=C\C[C@@H]1O[C@H](C)[C@H](NC(=O)/C=C\[C@H](C)OC(=O)N2CCNCC2)C[C@@H]1C. The maximum atomic E-state index is 12.6. The van der Waals surface area contributed by atoms with E-state index in [1.807, 2.05) is 13.0 Å². The number of ether oxygens (including phenoxy) is 4. The fraction of sp³-hybridized carbons (Fsp3) is 0.710. The highest BCUT2D eigenvalue weighted by atomic mass is 16.6. The molecular weight excluding hydrogens is 540 g/mol. The van der Waals surface area contributed by atoms with Gasteiger partial charge in [0.25, 0.3) is 0 Å². The highest BCUT2D eigenvalue weighted by molar-refractivity contribution is 5.87. The van der Waals surface area contributed by atoms with Gasteiger partial charge in [-0.1, -0.05) is 30.7 Å². The molecule has 42 heavy (non-hydrogen) atoms. The van der Waals surface area contributed by atoms with Gasteiger partial charge in [0.15, 0.2) is 0 Å². The molecule has 0 bridgehead atoms. The van der Waals surface area contributed by atoms with Gasteiger partial charge in [-0.25, -0.2) is 4.79 Å². The summed E-state index contributed by atoms with van der Waals surface area (Å²) in [6.07, 6.45) is 11.3. The first-order valence-corrected chi connectivity index (χ1v) is 15.2. The predicted molar refractivity (Wildman–Crippen MR) is 157 cm³/mol. The van der Waals surface area contributed by atoms with Crippen LogP contribution < -0.4 is 16.4 Å². The Labute approximate surface area is 249 Å². The summed E-state index contributed by atoms with van der Waals surface area (Å²) in [5.41, 5.74) is 6.33. The Hall–Kier alpha value is -2.73. The molecule has 0 saturated carbocycles. The van der Waals surface area contributed by atoms with Crippen molar-refractivity contribution >= 4 is 17.9 Å². The third-order valence-corrected chi connectivity index (χ3v) is 8.49. The van der Waals surface area contributed by atoms with E-state index in [1.54, 1.807) is 17.9 Å². The second-order valence-corrected chi connectivity index (χ2v) is 12.3. The van der Waals surface area contributed by atoms with Crippen molar-refractivity contribution in [3.63, 3.8) is 0 Å². The summed E-state index contributed by atoms with van der Waals surface area (Å²) < 4.78 is 23.5. The molecule has 234 valence electrons. The maximum Gasteiger partial charge on any atom is 0.410 e. The normalized spacial score (nSPS) is 34.5. The molecule has 3 amide bonds. The molecule has 0 radical (unpaired) electrons. The fourth-order valence-electron chi connectivity index (χ4n) is 5.92. The molecule has 0 unspecified atom stereocenters. The zero-order valence-corrected chi connectivity index (χ0v) is 25.4. The van der Waals surface area contributed by atoms with E-state index in [0.29, 0.717) is 26.1 Å². The van der Waals surface area contributed by atoms with Crippen molar-refractivity contribution in [3.05, 3.63) is 36.0 Å². The number of allylic oxidation sites excluding steroid dienone is 2. The van der Waals surface area contributed by atoms with Crippen molar-refractivity contribution in [1.82, 2.24) is 15.5 Å². The summed E-state index contributed by atoms with van der Waals surface area (Å²) in [6.45, 7) is 11.4. The van der Waals surface area contributed by atoms with Gasteiger partial charge in [0.2, 0.25) is 11.8 Å². The van der Waals surface area contributed by atoms with Gasteiger partial charge in [-0.2, -0.15) is 0 Å². The molecule has 4 aliphatic rings. The topological polar surface area (TPSA) is 145 Å². The highest BCUT2D eigenvalue weighted by Crippen LogP contribution is 2.43. The lowest BCUT2D eigenvalue weighted by atomic mass is 9.88. The fourth-order valence-corrected chi connectivity index (χ4v) is 5.92. The Bertz CT molecular complexity index is 1050. The number of carbonyl (C=O) groups is 3. The minimum atomic E-state index is -0.505. The third-order valence-electron chi connectivity index (χ3n) is 8.49. The molecule has 0 aromatic heterocycles. The minimum absolute atomic E-state index is 0.0467. The number of piperazine rings is 1. The second kappa shape index (κ2) is 14.6. The van der Waals surface area contributed by atoms with Gasteiger partial charge in [0.05, 0.1) is 49.1 Å². The highest BCUT2D eigenvalue weighted by Gasteiger charge is 2.51. The van der Waals surface area contributed by atoms with Gasteiger partial charge in [-0.05, 0) is 45.6 Å². The van der Waals surface area contributed by atoms with E-state index < -0.39 is 6.10 Å². The quantitative estimate of drug-likeness (QED) is 0.200. The largest absolute Gasteiger partial charge is 0.442 e. The molecule has 4 fully saturated rings. The van der Waals surface area contributed by atoms with E-state index in [-0.39, 0.29) is 66.3 Å². The molecule has 4 saturated heterocycles. The van der Waals surface area contributed by atoms with Crippen molar-refractivity contribution in [2.45, 2.75) is 102 Å². The smallest absolute Gasteiger partial charge is 0.410 e. The third kappa shape index (κ3) is 9.65. The Morgan fingerprint density at radius 3 is 2.60 bits per heavy atom. The van der Waals surface area contributed by atoms with Crippen molar-refractivity contribution in [1.29, 1.82) is 0 Å². The summed E-state index contributed by atoms with van der Waals surface area (Å²) in [5.74, 6) is -0.330. The number of rotatable bonds is 10. The van der Waals surface area contributed by atoms with Gasteiger partial charge < -0.3 is 40.2 Å². The van der Waals surface area contributed by atoms with Crippen LogP contribution in [0.2, 0.25) is 0 Å². The molecule has 4 N–H and O–H groups in total. The summed E-state index contributed by atoms with van der Waals surface area (Å²) in [6, 6.07) is -0.106. The van der Waals surface area contributed by atoms with E-state index in [9.17, 15) is 14.4 Å². The van der Waals surface area contributed by atoms with Crippen molar-refractivity contribution < 1.29 is 33.3 Å². The number of amides is 3. The van der Waals surface area contributed by atoms with Gasteiger partial charge in [-0.3, -0.25) is 9.59 Å². The molecule has 8 atom stereocenters. The summed E-state index contributed by atoms with van der Waals surface area (Å²) >= 11 is 0. The molecule has 0 aliphatic carbocycles. The van der Waals surface area contributed by atoms with Crippen molar-refractivity contribution in [2.24, 2.45) is 11.7 Å². The average molecular weight is 589 g/mol. The van der Waals surface area contributed by atoms with Crippen LogP contribution in [0.15, 0.2) is 36.0 Å². The predicted octanol–water partition coefficient (Wildman–Crippen LogP) is 2.36. The molecular formula is C31H48N4O7. The van der Waals surface area contributed by atoms with Gasteiger partial charge in [0, 0.05) is 45.1 Å². The van der Waals surface area contributed by atoms with Crippen LogP contribution in [0.3, 0.4) is 0 Å². The molecule has 4 heterocycles. The van der Waals surface area contributed by atoms with Crippen LogP contribution in [-0.4, -0.2) is 97.8 Å². The lowest BCUT2D eigenvalue weighted by Crippen LogP contribution is -2.50. The molecule has 11 heteroatoms. The zero-order chi connectivity index (χ0) is 30.3. The Morgan fingerprint density at radius 2 is 1.90 bits per heavy atom. The summed E-state index contributed by atoms with van der Waals surface area (Å²) in [4.78, 5) is 37.9. The number of nitrogens with two attached hydrogens (primary N) is 1. The Balaban J connectivity index is 1.19. The van der Waals surface area contributed by atoms with E-state index in [0.717, 1.165) is 37.9 Å². The number of hydrogen-bond donors (Lipinski definition) is 3. The molecule has 4 rings (SSSR count). The van der Waals surface area contributed by atoms with Crippen LogP contribution in [0, 0.1) is 5.92 Å². The Morgan fingerprint density at radius 1 is 1.17 bits per heavy atom. The van der Waals surface area contributed by atoms with Gasteiger partial charge >= 0.3 is 6.09 Å². The minimum Gasteiger partial charge on any atom is -0.442 e. The summed E-state index contributed by atoms with van der Waals surface area (Å²) in [7, 11) is 0. The first kappa shape index (κ1) is 32.2. The molecule has 4 aliphatic heterocycles. The molecule has 0 aromatic carbocycles. The van der Waals surface area contributed by atoms with Crippen molar-refractivity contribution in [3.8, 4) is 0 Å². The van der Waals surface area contributed by atoms with E-state index >= 15 is 0 Å².